The van der Waals surface area contributed by atoms with Crippen LogP contribution in [0.3, 0.4) is 0 Å². The summed E-state index contributed by atoms with van der Waals surface area (Å²) in [6.07, 6.45) is 0. The lowest BCUT2D eigenvalue weighted by atomic mass is 9.96. The Morgan fingerprint density at radius 3 is 1.61 bits per heavy atom. The summed E-state index contributed by atoms with van der Waals surface area (Å²) >= 11 is 1.87. The second-order valence-electron chi connectivity index (χ2n) is 15.6. The van der Waals surface area contributed by atoms with Gasteiger partial charge in [0, 0.05) is 43.1 Å². The molecule has 0 spiro atoms. The maximum atomic E-state index is 2.47. The molecule has 0 bridgehead atoms. The molecule has 0 radical (unpaired) electrons. The van der Waals surface area contributed by atoms with Crippen LogP contribution in [0.4, 0.5) is 17.1 Å². The Hall–Kier alpha value is -7.72. The van der Waals surface area contributed by atoms with E-state index in [1.807, 2.05) is 11.3 Å². The first-order valence-corrected chi connectivity index (χ1v) is 21.7. The van der Waals surface area contributed by atoms with Crippen LogP contribution in [0.5, 0.6) is 0 Å². The highest BCUT2D eigenvalue weighted by atomic mass is 32.1. The molecular formula is C58H38N2S. The van der Waals surface area contributed by atoms with Gasteiger partial charge >= 0.3 is 0 Å². The molecular weight excluding hydrogens is 757 g/mol. The maximum Gasteiger partial charge on any atom is 0.0640 e. The fraction of sp³-hybridized carbons (Fsp3) is 0. The van der Waals surface area contributed by atoms with Gasteiger partial charge in [-0.1, -0.05) is 182 Å². The number of para-hydroxylation sites is 4. The average Bonchev–Trinajstić information content (AvgIpc) is 3.88. The van der Waals surface area contributed by atoms with Crippen LogP contribution in [0.25, 0.3) is 91.8 Å². The highest BCUT2D eigenvalue weighted by molar-refractivity contribution is 7.26. The minimum atomic E-state index is 1.11. The van der Waals surface area contributed by atoms with Crippen molar-refractivity contribution in [3.8, 4) is 39.1 Å². The van der Waals surface area contributed by atoms with Crippen molar-refractivity contribution in [3.63, 3.8) is 0 Å². The summed E-state index contributed by atoms with van der Waals surface area (Å²) in [4.78, 5) is 2.47. The number of hydrogen-bond acceptors (Lipinski definition) is 2. The lowest BCUT2D eigenvalue weighted by Gasteiger charge is -2.29. The third-order valence-electron chi connectivity index (χ3n) is 12.2. The molecule has 10 aromatic carbocycles. The standard InChI is InChI=1S/C58H38N2S/c1-2-17-44-41(15-1)16-13-23-46(44)47-19-4-9-26-53(47)59(56-29-14-24-51-50-22-7-12-30-57(50)61-58(51)56)43-37-35-40(36-38-43)39-31-33-42(34-32-39)45-18-3-8-25-52(45)60-54-27-10-5-20-48(54)49-21-6-11-28-55(49)60/h1-38H. The predicted octanol–water partition coefficient (Wildman–Crippen LogP) is 16.8. The Balaban J connectivity index is 0.961. The summed E-state index contributed by atoms with van der Waals surface area (Å²) in [5, 5.41) is 7.59. The third kappa shape index (κ3) is 5.85. The average molecular weight is 795 g/mol. The second kappa shape index (κ2) is 14.5. The van der Waals surface area contributed by atoms with E-state index in [1.165, 1.54) is 97.5 Å². The van der Waals surface area contributed by atoms with Crippen LogP contribution >= 0.6 is 11.3 Å². The highest BCUT2D eigenvalue weighted by Gasteiger charge is 2.22. The highest BCUT2D eigenvalue weighted by Crippen LogP contribution is 2.48. The van der Waals surface area contributed by atoms with Crippen LogP contribution in [0, 0.1) is 0 Å². The molecule has 0 aliphatic carbocycles. The largest absolute Gasteiger partial charge is 0.309 e. The van der Waals surface area contributed by atoms with Gasteiger partial charge in [-0.25, -0.2) is 0 Å². The number of thiophene rings is 1. The van der Waals surface area contributed by atoms with Crippen LogP contribution in [-0.2, 0) is 0 Å². The molecule has 12 aromatic rings. The molecule has 61 heavy (non-hydrogen) atoms. The Kier molecular flexibility index (Phi) is 8.39. The number of fused-ring (bicyclic) bond motifs is 7. The van der Waals surface area contributed by atoms with Crippen molar-refractivity contribution in [1.29, 1.82) is 0 Å². The van der Waals surface area contributed by atoms with Gasteiger partial charge in [-0.2, -0.15) is 0 Å². The summed E-state index contributed by atoms with van der Waals surface area (Å²) in [6, 6.07) is 84.1. The van der Waals surface area contributed by atoms with E-state index in [1.54, 1.807) is 0 Å². The third-order valence-corrected chi connectivity index (χ3v) is 13.4. The van der Waals surface area contributed by atoms with Crippen LogP contribution < -0.4 is 4.90 Å². The fourth-order valence-corrected chi connectivity index (χ4v) is 10.6. The first kappa shape index (κ1) is 35.2. The lowest BCUT2D eigenvalue weighted by molar-refractivity contribution is 1.18. The molecule has 12 rings (SSSR count). The van der Waals surface area contributed by atoms with Gasteiger partial charge < -0.3 is 9.47 Å². The summed E-state index contributed by atoms with van der Waals surface area (Å²) in [7, 11) is 0. The van der Waals surface area contributed by atoms with Gasteiger partial charge in [0.05, 0.1) is 32.8 Å². The van der Waals surface area contributed by atoms with E-state index in [0.717, 1.165) is 11.4 Å². The molecule has 0 fully saturated rings. The second-order valence-corrected chi connectivity index (χ2v) is 16.7. The van der Waals surface area contributed by atoms with Crippen LogP contribution in [-0.4, -0.2) is 4.57 Å². The molecule has 0 saturated heterocycles. The monoisotopic (exact) mass is 794 g/mol. The van der Waals surface area contributed by atoms with Crippen molar-refractivity contribution in [2.45, 2.75) is 0 Å². The topological polar surface area (TPSA) is 8.17 Å². The molecule has 0 amide bonds. The molecule has 2 nitrogen and oxygen atoms in total. The number of benzene rings is 10. The molecule has 286 valence electrons. The smallest absolute Gasteiger partial charge is 0.0640 e. The Morgan fingerprint density at radius 1 is 0.328 bits per heavy atom. The molecule has 3 heteroatoms. The summed E-state index contributed by atoms with van der Waals surface area (Å²) < 4.78 is 4.98. The zero-order chi connectivity index (χ0) is 40.3. The first-order chi connectivity index (χ1) is 30.3. The van der Waals surface area contributed by atoms with Gasteiger partial charge in [0.2, 0.25) is 0 Å². The van der Waals surface area contributed by atoms with Crippen molar-refractivity contribution in [2.75, 3.05) is 4.90 Å². The van der Waals surface area contributed by atoms with Gasteiger partial charge in [-0.3, -0.25) is 0 Å². The van der Waals surface area contributed by atoms with Crippen molar-refractivity contribution in [2.24, 2.45) is 0 Å². The van der Waals surface area contributed by atoms with E-state index in [9.17, 15) is 0 Å². The predicted molar refractivity (Wildman–Crippen MR) is 262 cm³/mol. The summed E-state index contributed by atoms with van der Waals surface area (Å²) in [6.45, 7) is 0. The zero-order valence-corrected chi connectivity index (χ0v) is 34.1. The number of nitrogens with zero attached hydrogens (tertiary/aromatic N) is 2. The molecule has 0 saturated carbocycles. The van der Waals surface area contributed by atoms with Crippen molar-refractivity contribution >= 4 is 81.1 Å². The minimum absolute atomic E-state index is 1.11. The van der Waals surface area contributed by atoms with Crippen molar-refractivity contribution < 1.29 is 0 Å². The van der Waals surface area contributed by atoms with Gasteiger partial charge in [0.1, 0.15) is 0 Å². The lowest BCUT2D eigenvalue weighted by Crippen LogP contribution is -2.11. The number of anilines is 3. The fourth-order valence-electron chi connectivity index (χ4n) is 9.41. The van der Waals surface area contributed by atoms with Gasteiger partial charge in [0.25, 0.3) is 0 Å². The SMILES string of the molecule is c1ccc(N(c2ccc(-c3ccc(-c4ccccc4-n4c5ccccc5c5ccccc54)cc3)cc2)c2cccc3c2sc2ccccc23)c(-c2cccc3ccccc23)c1. The molecule has 2 aromatic heterocycles. The minimum Gasteiger partial charge on any atom is -0.309 e. The molecule has 0 aliphatic rings. The molecule has 0 aliphatic heterocycles. The quantitative estimate of drug-likeness (QED) is 0.156. The molecule has 0 unspecified atom stereocenters. The molecule has 0 atom stereocenters. The van der Waals surface area contributed by atoms with Crippen LogP contribution in [0.15, 0.2) is 231 Å². The Labute approximate surface area is 358 Å². The molecule has 0 N–H and O–H groups in total. The van der Waals surface area contributed by atoms with Gasteiger partial charge in [0.15, 0.2) is 0 Å². The van der Waals surface area contributed by atoms with E-state index < -0.39 is 0 Å². The molecule has 2 heterocycles. The van der Waals surface area contributed by atoms with Gasteiger partial charge in [-0.15, -0.1) is 11.3 Å². The number of hydrogen-bond donors (Lipinski definition) is 0. The summed E-state index contributed by atoms with van der Waals surface area (Å²) in [5.41, 5.74) is 14.2. The Bertz CT molecular complexity index is 3530. The van der Waals surface area contributed by atoms with Crippen molar-refractivity contribution in [1.82, 2.24) is 4.57 Å². The van der Waals surface area contributed by atoms with Crippen LogP contribution in [0.1, 0.15) is 0 Å². The summed E-state index contributed by atoms with van der Waals surface area (Å²) in [5.74, 6) is 0. The Morgan fingerprint density at radius 2 is 0.836 bits per heavy atom. The van der Waals surface area contributed by atoms with E-state index in [2.05, 4.69) is 240 Å². The van der Waals surface area contributed by atoms with E-state index in [0.29, 0.717) is 0 Å². The van der Waals surface area contributed by atoms with E-state index in [4.69, 9.17) is 0 Å². The van der Waals surface area contributed by atoms with Gasteiger partial charge in [-0.05, 0) is 81.6 Å². The van der Waals surface area contributed by atoms with E-state index >= 15 is 0 Å². The first-order valence-electron chi connectivity index (χ1n) is 20.8. The normalized spacial score (nSPS) is 11.6. The maximum absolute atomic E-state index is 2.47. The zero-order valence-electron chi connectivity index (χ0n) is 33.2. The van der Waals surface area contributed by atoms with E-state index in [-0.39, 0.29) is 0 Å². The number of aromatic nitrogens is 1. The number of rotatable bonds is 7. The van der Waals surface area contributed by atoms with Crippen molar-refractivity contribution in [3.05, 3.63) is 231 Å². The van der Waals surface area contributed by atoms with Crippen LogP contribution in [0.2, 0.25) is 0 Å².